The average molecular weight is 293 g/mol. The number of rotatable bonds is 3. The van der Waals surface area contributed by atoms with Crippen LogP contribution in [0.1, 0.15) is 18.6 Å². The maximum Gasteiger partial charge on any atom is 0.221 e. The lowest BCUT2D eigenvalue weighted by Crippen LogP contribution is -2.22. The zero-order valence-corrected chi connectivity index (χ0v) is 12.0. The van der Waals surface area contributed by atoms with Gasteiger partial charge in [-0.15, -0.1) is 0 Å². The maximum absolute atomic E-state index is 11.1. The van der Waals surface area contributed by atoms with Crippen LogP contribution in [0.3, 0.4) is 0 Å². The molecule has 1 aliphatic rings. The van der Waals surface area contributed by atoms with E-state index in [0.717, 1.165) is 5.56 Å². The number of amides is 1. The maximum atomic E-state index is 11.1. The molecule has 2 aromatic carbocycles. The lowest BCUT2D eigenvalue weighted by molar-refractivity contribution is -0.114. The summed E-state index contributed by atoms with van der Waals surface area (Å²) in [5.74, 6) is 0.489. The van der Waals surface area contributed by atoms with Gasteiger partial charge < -0.3 is 15.5 Å². The first-order valence-corrected chi connectivity index (χ1v) is 6.89. The monoisotopic (exact) mass is 293 g/mol. The van der Waals surface area contributed by atoms with Gasteiger partial charge in [-0.2, -0.15) is 0 Å². The number of carbonyl (C=O) groups is 1. The molecule has 110 valence electrons. The van der Waals surface area contributed by atoms with Crippen LogP contribution in [-0.2, 0) is 4.79 Å². The van der Waals surface area contributed by atoms with Gasteiger partial charge in [0, 0.05) is 18.8 Å². The first-order chi connectivity index (χ1) is 10.7. The summed E-state index contributed by atoms with van der Waals surface area (Å²) in [5.41, 5.74) is 2.73. The third-order valence-electron chi connectivity index (χ3n) is 3.29. The Labute approximate surface area is 128 Å². The largest absolute Gasteiger partial charge is 0.477 e. The Morgan fingerprint density at radius 2 is 2.05 bits per heavy atom. The molecule has 5 nitrogen and oxygen atoms in total. The molecule has 2 aromatic rings. The number of carbonyl (C=O) groups excluding carboxylic acids is 1. The van der Waals surface area contributed by atoms with Crippen molar-refractivity contribution < 1.29 is 9.53 Å². The molecule has 0 bridgehead atoms. The number of nitrogens with zero attached hydrogens (tertiary/aromatic N) is 1. The molecule has 1 amide bonds. The summed E-state index contributed by atoms with van der Waals surface area (Å²) >= 11 is 0. The van der Waals surface area contributed by atoms with Crippen molar-refractivity contribution >= 4 is 29.2 Å². The molecule has 0 aromatic heterocycles. The lowest BCUT2D eigenvalue weighted by Gasteiger charge is -2.25. The second-order valence-corrected chi connectivity index (χ2v) is 4.95. The predicted octanol–water partition coefficient (Wildman–Crippen LogP) is 3.50. The van der Waals surface area contributed by atoms with Crippen LogP contribution in [0.2, 0.25) is 0 Å². The summed E-state index contributed by atoms with van der Waals surface area (Å²) < 4.78 is 5.99. The van der Waals surface area contributed by atoms with Crippen molar-refractivity contribution in [3.8, 4) is 5.75 Å². The van der Waals surface area contributed by atoms with E-state index >= 15 is 0 Å². The smallest absolute Gasteiger partial charge is 0.221 e. The van der Waals surface area contributed by atoms with Crippen LogP contribution in [0.15, 0.2) is 53.5 Å². The first kappa shape index (κ1) is 14.0. The average Bonchev–Trinajstić information content (AvgIpc) is 2.53. The molecule has 3 rings (SSSR count). The zero-order chi connectivity index (χ0) is 15.5. The van der Waals surface area contributed by atoms with Gasteiger partial charge in [0.15, 0.2) is 6.10 Å². The minimum absolute atomic E-state index is 0.143. The topological polar surface area (TPSA) is 74.5 Å². The number of fused-ring (bicyclic) bond motifs is 1. The molecule has 22 heavy (non-hydrogen) atoms. The van der Waals surface area contributed by atoms with Crippen LogP contribution < -0.4 is 10.1 Å². The number of ether oxygens (including phenoxy) is 1. The Bertz CT molecular complexity index is 754. The van der Waals surface area contributed by atoms with Gasteiger partial charge in [0.2, 0.25) is 5.91 Å². The molecule has 1 unspecified atom stereocenters. The van der Waals surface area contributed by atoms with Gasteiger partial charge >= 0.3 is 0 Å². The Morgan fingerprint density at radius 1 is 1.27 bits per heavy atom. The second kappa shape index (κ2) is 5.81. The van der Waals surface area contributed by atoms with Gasteiger partial charge in [-0.05, 0) is 23.8 Å². The van der Waals surface area contributed by atoms with E-state index in [2.05, 4.69) is 10.3 Å². The van der Waals surface area contributed by atoms with Crippen molar-refractivity contribution in [3.63, 3.8) is 0 Å². The highest BCUT2D eigenvalue weighted by Gasteiger charge is 2.25. The normalized spacial score (nSPS) is 16.0. The van der Waals surface area contributed by atoms with E-state index in [0.29, 0.717) is 22.8 Å². The summed E-state index contributed by atoms with van der Waals surface area (Å²) in [6.07, 6.45) is 0.809. The zero-order valence-electron chi connectivity index (χ0n) is 12.0. The van der Waals surface area contributed by atoms with E-state index in [1.54, 1.807) is 18.2 Å². The molecular weight excluding hydrogens is 278 g/mol. The summed E-state index contributed by atoms with van der Waals surface area (Å²) in [5, 5.41) is 10.3. The standard InChI is InChI=1S/C17H15N3O2/c1-11(21)19-13-7-8-16-14(9-13)20-15(10-18)17(22-16)12-5-3-2-4-6-12/h2-10,17-18H,1H3,(H,19,21). The lowest BCUT2D eigenvalue weighted by atomic mass is 10.0. The van der Waals surface area contributed by atoms with Crippen LogP contribution in [0.4, 0.5) is 11.4 Å². The van der Waals surface area contributed by atoms with Crippen molar-refractivity contribution in [3.05, 3.63) is 54.1 Å². The van der Waals surface area contributed by atoms with E-state index in [4.69, 9.17) is 10.1 Å². The Balaban J connectivity index is 1.98. The first-order valence-electron chi connectivity index (χ1n) is 6.89. The van der Waals surface area contributed by atoms with Crippen LogP contribution in [0, 0.1) is 5.41 Å². The van der Waals surface area contributed by atoms with Gasteiger partial charge in [-0.1, -0.05) is 30.3 Å². The molecule has 1 atom stereocenters. The van der Waals surface area contributed by atoms with E-state index in [9.17, 15) is 4.79 Å². The Hall–Kier alpha value is -2.95. The van der Waals surface area contributed by atoms with Gasteiger partial charge in [0.25, 0.3) is 0 Å². The second-order valence-electron chi connectivity index (χ2n) is 4.95. The quantitative estimate of drug-likeness (QED) is 0.850. The summed E-state index contributed by atoms with van der Waals surface area (Å²) in [4.78, 5) is 15.6. The molecule has 0 aliphatic carbocycles. The van der Waals surface area contributed by atoms with Crippen molar-refractivity contribution in [1.29, 1.82) is 5.41 Å². The predicted molar refractivity (Wildman–Crippen MR) is 86.4 cm³/mol. The number of hydrogen-bond donors (Lipinski definition) is 2. The Morgan fingerprint density at radius 3 is 2.73 bits per heavy atom. The molecule has 1 heterocycles. The van der Waals surface area contributed by atoms with Crippen LogP contribution in [0.5, 0.6) is 5.75 Å². The highest BCUT2D eigenvalue weighted by atomic mass is 16.5. The van der Waals surface area contributed by atoms with Crippen molar-refractivity contribution in [2.24, 2.45) is 4.99 Å². The molecule has 0 spiro atoms. The molecule has 0 fully saturated rings. The number of benzene rings is 2. The highest BCUT2D eigenvalue weighted by Crippen LogP contribution is 2.38. The summed E-state index contributed by atoms with van der Waals surface area (Å²) in [6, 6.07) is 15.0. The molecule has 1 aliphatic heterocycles. The van der Waals surface area contributed by atoms with Crippen LogP contribution in [0.25, 0.3) is 0 Å². The van der Waals surface area contributed by atoms with Crippen molar-refractivity contribution in [1.82, 2.24) is 0 Å². The molecule has 0 saturated heterocycles. The molecule has 0 saturated carbocycles. The third-order valence-corrected chi connectivity index (χ3v) is 3.29. The molecule has 5 heteroatoms. The van der Waals surface area contributed by atoms with E-state index < -0.39 is 6.10 Å². The number of hydrogen-bond acceptors (Lipinski definition) is 4. The van der Waals surface area contributed by atoms with Crippen LogP contribution >= 0.6 is 0 Å². The number of nitrogens with one attached hydrogen (secondary N) is 2. The fourth-order valence-electron chi connectivity index (χ4n) is 2.35. The number of anilines is 1. The van der Waals surface area contributed by atoms with E-state index in [1.165, 1.54) is 13.1 Å². The summed E-state index contributed by atoms with van der Waals surface area (Å²) in [7, 11) is 0. The fraction of sp³-hybridized carbons (Fsp3) is 0.118. The molecule has 0 radical (unpaired) electrons. The van der Waals surface area contributed by atoms with Gasteiger partial charge in [0.1, 0.15) is 17.1 Å². The van der Waals surface area contributed by atoms with Crippen molar-refractivity contribution in [2.75, 3.05) is 5.32 Å². The minimum Gasteiger partial charge on any atom is -0.477 e. The fourth-order valence-corrected chi connectivity index (χ4v) is 2.35. The summed E-state index contributed by atoms with van der Waals surface area (Å²) in [6.45, 7) is 1.45. The Kier molecular flexibility index (Phi) is 3.70. The van der Waals surface area contributed by atoms with E-state index in [1.807, 2.05) is 30.3 Å². The number of aliphatic imine (C=N–C) groups is 1. The highest BCUT2D eigenvalue weighted by molar-refractivity contribution is 6.32. The van der Waals surface area contributed by atoms with E-state index in [-0.39, 0.29) is 5.91 Å². The van der Waals surface area contributed by atoms with Crippen molar-refractivity contribution in [2.45, 2.75) is 13.0 Å². The van der Waals surface area contributed by atoms with Crippen LogP contribution in [-0.4, -0.2) is 17.8 Å². The molecule has 2 N–H and O–H groups in total. The third kappa shape index (κ3) is 2.74. The van der Waals surface area contributed by atoms with Gasteiger partial charge in [-0.25, -0.2) is 4.99 Å². The molecular formula is C17H15N3O2. The SMILES string of the molecule is CC(=O)Nc1ccc2c(c1)N=C(C=N)C(c1ccccc1)O2. The minimum atomic E-state index is -0.391. The van der Waals surface area contributed by atoms with Gasteiger partial charge in [0.05, 0.1) is 0 Å². The van der Waals surface area contributed by atoms with Gasteiger partial charge in [-0.3, -0.25) is 4.79 Å².